The number of aromatic amines is 1. The first-order chi connectivity index (χ1) is 8.38. The number of nitrogens with zero attached hydrogens (tertiary/aromatic N) is 1. The molecule has 1 aromatic carbocycles. The fraction of sp³-hybridized carbons (Fsp3) is 0.0833. The van der Waals surface area contributed by atoms with Crippen LogP contribution in [0.25, 0.3) is 21.5 Å². The smallest absolute Gasteiger partial charge is 0.212 e. The van der Waals surface area contributed by atoms with Crippen molar-refractivity contribution in [1.29, 1.82) is 0 Å². The monoisotopic (exact) mass is 244 g/mol. The van der Waals surface area contributed by atoms with Crippen LogP contribution in [0.5, 0.6) is 17.2 Å². The van der Waals surface area contributed by atoms with E-state index in [9.17, 15) is 0 Å². The predicted molar refractivity (Wildman–Crippen MR) is 66.0 cm³/mol. The average Bonchev–Trinajstić information content (AvgIpc) is 2.81. The summed E-state index contributed by atoms with van der Waals surface area (Å²) in [6.07, 6.45) is 0. The number of fused-ring (bicyclic) bond motifs is 2. The zero-order chi connectivity index (χ0) is 11.4. The third-order valence-electron chi connectivity index (χ3n) is 2.87. The topological polar surface area (TPSA) is 50.4 Å². The molecule has 0 saturated carbocycles. The van der Waals surface area contributed by atoms with Gasteiger partial charge in [0.1, 0.15) is 5.69 Å². The van der Waals surface area contributed by atoms with Crippen molar-refractivity contribution < 1.29 is 9.47 Å². The molecule has 5 heteroatoms. The summed E-state index contributed by atoms with van der Waals surface area (Å²) in [6, 6.07) is 5.95. The van der Waals surface area contributed by atoms with Gasteiger partial charge in [0.25, 0.3) is 0 Å². The van der Waals surface area contributed by atoms with Gasteiger partial charge in [0, 0.05) is 5.56 Å². The third kappa shape index (κ3) is 1.14. The van der Waals surface area contributed by atoms with Gasteiger partial charge in [-0.15, -0.1) is 11.3 Å². The van der Waals surface area contributed by atoms with Crippen molar-refractivity contribution >= 4 is 21.6 Å². The van der Waals surface area contributed by atoms with Gasteiger partial charge in [0.05, 0.1) is 17.3 Å². The molecule has 0 spiro atoms. The van der Waals surface area contributed by atoms with Crippen LogP contribution < -0.4 is 9.47 Å². The van der Waals surface area contributed by atoms with Gasteiger partial charge >= 0.3 is 0 Å². The molecule has 0 radical (unpaired) electrons. The van der Waals surface area contributed by atoms with Crippen molar-refractivity contribution in [2.75, 3.05) is 7.11 Å². The van der Waals surface area contributed by atoms with Crippen LogP contribution in [0.2, 0.25) is 0 Å². The van der Waals surface area contributed by atoms with Crippen LogP contribution in [-0.4, -0.2) is 17.3 Å². The molecule has 2 aromatic heterocycles. The lowest BCUT2D eigenvalue weighted by molar-refractivity contribution is 0.410. The molecule has 1 N–H and O–H groups in total. The van der Waals surface area contributed by atoms with E-state index in [2.05, 4.69) is 10.2 Å². The lowest BCUT2D eigenvalue weighted by Crippen LogP contribution is -1.85. The molecule has 0 unspecified atom stereocenters. The number of ether oxygens (including phenoxy) is 2. The summed E-state index contributed by atoms with van der Waals surface area (Å²) in [5.41, 5.74) is 2.94. The van der Waals surface area contributed by atoms with E-state index in [0.717, 1.165) is 38.7 Å². The molecule has 84 valence electrons. The average molecular weight is 244 g/mol. The maximum Gasteiger partial charge on any atom is 0.212 e. The minimum absolute atomic E-state index is 0.768. The first-order valence-electron chi connectivity index (χ1n) is 5.19. The summed E-state index contributed by atoms with van der Waals surface area (Å²) in [4.78, 5) is 0. The van der Waals surface area contributed by atoms with Crippen LogP contribution in [0, 0.1) is 0 Å². The molecule has 1 aliphatic heterocycles. The number of aromatic nitrogens is 2. The molecule has 0 aliphatic carbocycles. The summed E-state index contributed by atoms with van der Waals surface area (Å²) in [6.45, 7) is 0. The standard InChI is InChI=1S/C12H8N2O2S/c1-15-10-6(2-3-8-11(10)16-8)9-12-7(13-14-9)4-5-17-12/h2-5H,1H3,(H,13,14). The van der Waals surface area contributed by atoms with E-state index in [-0.39, 0.29) is 0 Å². The second kappa shape index (κ2) is 3.01. The van der Waals surface area contributed by atoms with Crippen LogP contribution in [0.15, 0.2) is 23.6 Å². The van der Waals surface area contributed by atoms with Crippen LogP contribution in [0.4, 0.5) is 0 Å². The molecule has 4 nitrogen and oxygen atoms in total. The van der Waals surface area contributed by atoms with Gasteiger partial charge in [-0.1, -0.05) is 0 Å². The first kappa shape index (κ1) is 9.07. The lowest BCUT2D eigenvalue weighted by Gasteiger charge is -2.02. The number of nitrogens with one attached hydrogen (secondary N) is 1. The molecular weight excluding hydrogens is 236 g/mol. The van der Waals surface area contributed by atoms with Gasteiger partial charge in [-0.2, -0.15) is 5.10 Å². The minimum atomic E-state index is 0.768. The number of methoxy groups -OCH3 is 1. The first-order valence-corrected chi connectivity index (χ1v) is 6.07. The summed E-state index contributed by atoms with van der Waals surface area (Å²) in [5.74, 6) is 2.49. The van der Waals surface area contributed by atoms with Crippen LogP contribution in [0.3, 0.4) is 0 Å². The molecule has 0 saturated heterocycles. The zero-order valence-corrected chi connectivity index (χ0v) is 9.80. The largest absolute Gasteiger partial charge is 0.492 e. The number of hydrogen-bond donors (Lipinski definition) is 1. The molecule has 4 rings (SSSR count). The maximum absolute atomic E-state index is 5.40. The zero-order valence-electron chi connectivity index (χ0n) is 8.98. The fourth-order valence-corrected chi connectivity index (χ4v) is 2.88. The van der Waals surface area contributed by atoms with E-state index in [4.69, 9.17) is 9.47 Å². The Hall–Kier alpha value is -2.01. The number of hydrogen-bond acceptors (Lipinski definition) is 4. The second-order valence-corrected chi connectivity index (χ2v) is 4.73. The molecule has 0 atom stereocenters. The Bertz CT molecular complexity index is 729. The van der Waals surface area contributed by atoms with Crippen LogP contribution >= 0.6 is 11.3 Å². The predicted octanol–water partition coefficient (Wildman–Crippen LogP) is 3.41. The highest BCUT2D eigenvalue weighted by Gasteiger charge is 2.29. The molecule has 0 amide bonds. The molecule has 1 aliphatic rings. The van der Waals surface area contributed by atoms with Gasteiger partial charge in [0.15, 0.2) is 11.5 Å². The molecule has 0 fully saturated rings. The Morgan fingerprint density at radius 2 is 2.29 bits per heavy atom. The van der Waals surface area contributed by atoms with Crippen molar-refractivity contribution in [3.63, 3.8) is 0 Å². The lowest BCUT2D eigenvalue weighted by atomic mass is 10.1. The summed E-state index contributed by atoms with van der Waals surface area (Å²) in [7, 11) is 1.65. The van der Waals surface area contributed by atoms with E-state index in [1.54, 1.807) is 18.4 Å². The van der Waals surface area contributed by atoms with E-state index in [0.29, 0.717) is 0 Å². The van der Waals surface area contributed by atoms with Crippen molar-refractivity contribution in [2.24, 2.45) is 0 Å². The number of H-pyrrole nitrogens is 1. The van der Waals surface area contributed by atoms with Gasteiger partial charge in [0.2, 0.25) is 5.75 Å². The van der Waals surface area contributed by atoms with Gasteiger partial charge in [-0.25, -0.2) is 0 Å². The van der Waals surface area contributed by atoms with Gasteiger partial charge in [-0.05, 0) is 23.6 Å². The SMILES string of the molecule is COc1c(-c2n[nH]c3ccsc23)ccc2c1O2. The Kier molecular flexibility index (Phi) is 1.61. The maximum atomic E-state index is 5.40. The number of benzene rings is 1. The fourth-order valence-electron chi connectivity index (χ4n) is 2.03. The number of thiophene rings is 1. The molecule has 17 heavy (non-hydrogen) atoms. The van der Waals surface area contributed by atoms with E-state index in [1.165, 1.54) is 0 Å². The van der Waals surface area contributed by atoms with E-state index >= 15 is 0 Å². The number of rotatable bonds is 2. The highest BCUT2D eigenvalue weighted by atomic mass is 32.1. The minimum Gasteiger partial charge on any atom is -0.492 e. The van der Waals surface area contributed by atoms with Crippen molar-refractivity contribution in [2.45, 2.75) is 0 Å². The Morgan fingerprint density at radius 3 is 3.18 bits per heavy atom. The highest BCUT2D eigenvalue weighted by Crippen LogP contribution is 2.56. The van der Waals surface area contributed by atoms with Gasteiger partial charge < -0.3 is 9.47 Å². The highest BCUT2D eigenvalue weighted by molar-refractivity contribution is 7.17. The Balaban J connectivity index is 2.02. The molecule has 3 heterocycles. The Morgan fingerprint density at radius 1 is 1.35 bits per heavy atom. The summed E-state index contributed by atoms with van der Waals surface area (Å²) in [5, 5.41) is 9.41. The molecule has 0 bridgehead atoms. The second-order valence-electron chi connectivity index (χ2n) is 3.81. The van der Waals surface area contributed by atoms with Crippen molar-refractivity contribution in [3.8, 4) is 28.5 Å². The Labute approximate surface area is 101 Å². The van der Waals surface area contributed by atoms with Crippen molar-refractivity contribution in [3.05, 3.63) is 23.6 Å². The van der Waals surface area contributed by atoms with E-state index in [1.807, 2.05) is 23.6 Å². The summed E-state index contributed by atoms with van der Waals surface area (Å²) < 4.78 is 11.9. The quantitative estimate of drug-likeness (QED) is 0.550. The summed E-state index contributed by atoms with van der Waals surface area (Å²) >= 11 is 1.67. The molecular formula is C12H8N2O2S. The van der Waals surface area contributed by atoms with Crippen LogP contribution in [0.1, 0.15) is 0 Å². The molecule has 3 aromatic rings. The van der Waals surface area contributed by atoms with Crippen LogP contribution in [-0.2, 0) is 0 Å². The van der Waals surface area contributed by atoms with Gasteiger partial charge in [-0.3, -0.25) is 5.10 Å². The normalized spacial score (nSPS) is 12.3. The van der Waals surface area contributed by atoms with E-state index < -0.39 is 0 Å². The van der Waals surface area contributed by atoms with Crippen molar-refractivity contribution in [1.82, 2.24) is 10.2 Å². The third-order valence-corrected chi connectivity index (χ3v) is 3.80.